The maximum atomic E-state index is 13.3. The van der Waals surface area contributed by atoms with Gasteiger partial charge in [-0.25, -0.2) is 10.2 Å². The Balaban J connectivity index is 1.41. The minimum Gasteiger partial charge on any atom is -0.422 e. The number of fused-ring (bicyclic) bond motifs is 1. The summed E-state index contributed by atoms with van der Waals surface area (Å²) in [5, 5.41) is 5.14. The number of aromatic amines is 1. The molecule has 7 heteroatoms. The van der Waals surface area contributed by atoms with Crippen molar-refractivity contribution in [3.8, 4) is 16.9 Å². The molecule has 0 unspecified atom stereocenters. The fourth-order valence-corrected chi connectivity index (χ4v) is 4.62. The van der Waals surface area contributed by atoms with Gasteiger partial charge in [-0.2, -0.15) is 5.10 Å². The van der Waals surface area contributed by atoms with Crippen LogP contribution >= 0.6 is 15.9 Å². The van der Waals surface area contributed by atoms with Crippen molar-refractivity contribution in [2.24, 2.45) is 5.10 Å². The highest BCUT2D eigenvalue weighted by Crippen LogP contribution is 2.33. The average Bonchev–Trinajstić information content (AvgIpc) is 3.29. The number of H-pyrrole nitrogens is 1. The van der Waals surface area contributed by atoms with Gasteiger partial charge in [-0.15, -0.1) is 0 Å². The zero-order valence-corrected chi connectivity index (χ0v) is 22.4. The number of aromatic nitrogens is 1. The summed E-state index contributed by atoms with van der Waals surface area (Å²) in [6.45, 7) is 3.93. The Labute approximate surface area is 228 Å². The Kier molecular flexibility index (Phi) is 7.20. The standard InChI is InChI=1S/C31H24BrN3O3/c1-19-7-6-10-22(15-19)31(37)38-27-14-12-24(32)17-23(27)18-33-35-30(36)29-28(21-8-4-3-5-9-21)25-16-20(2)11-13-26(25)34-29/h3-18,34H,1-2H3,(H,35,36). The number of aryl methyl sites for hydroxylation is 2. The SMILES string of the molecule is Cc1cccc(C(=O)Oc2ccc(Br)cc2C=NNC(=O)c2[nH]c3ccc(C)cc3c2-c2ccccc2)c1. The van der Waals surface area contributed by atoms with Crippen LogP contribution in [0, 0.1) is 13.8 Å². The van der Waals surface area contributed by atoms with Crippen LogP contribution in [0.1, 0.15) is 37.5 Å². The molecule has 0 aliphatic heterocycles. The topological polar surface area (TPSA) is 83.5 Å². The summed E-state index contributed by atoms with van der Waals surface area (Å²) in [6, 6.07) is 28.2. The molecule has 1 amide bonds. The highest BCUT2D eigenvalue weighted by molar-refractivity contribution is 9.10. The molecule has 0 bridgehead atoms. The van der Waals surface area contributed by atoms with E-state index in [1.165, 1.54) is 6.21 Å². The first-order chi connectivity index (χ1) is 18.4. The monoisotopic (exact) mass is 565 g/mol. The number of hydrazone groups is 1. The van der Waals surface area contributed by atoms with Crippen molar-refractivity contribution in [1.29, 1.82) is 0 Å². The van der Waals surface area contributed by atoms with E-state index >= 15 is 0 Å². The molecule has 5 aromatic rings. The summed E-state index contributed by atoms with van der Waals surface area (Å²) >= 11 is 3.44. The number of halogens is 1. The first-order valence-electron chi connectivity index (χ1n) is 12.0. The van der Waals surface area contributed by atoms with Gasteiger partial charge in [0.25, 0.3) is 5.91 Å². The maximum absolute atomic E-state index is 13.3. The van der Waals surface area contributed by atoms with Crippen LogP contribution in [0.25, 0.3) is 22.0 Å². The predicted octanol–water partition coefficient (Wildman–Crippen LogP) is 7.20. The van der Waals surface area contributed by atoms with Gasteiger partial charge >= 0.3 is 5.97 Å². The highest BCUT2D eigenvalue weighted by atomic mass is 79.9. The van der Waals surface area contributed by atoms with Gasteiger partial charge in [0.1, 0.15) is 11.4 Å². The summed E-state index contributed by atoms with van der Waals surface area (Å²) in [6.07, 6.45) is 1.45. The number of amides is 1. The van der Waals surface area contributed by atoms with Gasteiger partial charge in [0.15, 0.2) is 0 Å². The third-order valence-electron chi connectivity index (χ3n) is 6.04. The molecule has 0 saturated carbocycles. The molecule has 0 radical (unpaired) electrons. The Bertz CT molecular complexity index is 1690. The molecular formula is C31H24BrN3O3. The van der Waals surface area contributed by atoms with E-state index in [1.54, 1.807) is 36.4 Å². The van der Waals surface area contributed by atoms with Crippen LogP contribution in [0.3, 0.4) is 0 Å². The second-order valence-corrected chi connectivity index (χ2v) is 9.85. The summed E-state index contributed by atoms with van der Waals surface area (Å²) in [5.41, 5.74) is 8.66. The highest BCUT2D eigenvalue weighted by Gasteiger charge is 2.19. The number of rotatable bonds is 6. The number of nitrogens with zero attached hydrogens (tertiary/aromatic N) is 1. The summed E-state index contributed by atoms with van der Waals surface area (Å²) < 4.78 is 6.42. The number of esters is 1. The first kappa shape index (κ1) is 25.2. The molecule has 1 aromatic heterocycles. The second kappa shape index (κ2) is 10.9. The molecule has 1 heterocycles. The van der Waals surface area contributed by atoms with Gasteiger partial charge in [0.05, 0.1) is 11.8 Å². The summed E-state index contributed by atoms with van der Waals surface area (Å²) in [7, 11) is 0. The van der Waals surface area contributed by atoms with Crippen molar-refractivity contribution in [3.05, 3.63) is 123 Å². The molecule has 0 aliphatic carbocycles. The van der Waals surface area contributed by atoms with Gasteiger partial charge in [0, 0.05) is 26.5 Å². The molecule has 0 spiro atoms. The smallest absolute Gasteiger partial charge is 0.343 e. The molecule has 6 nitrogen and oxygen atoms in total. The number of hydrogen-bond donors (Lipinski definition) is 2. The fourth-order valence-electron chi connectivity index (χ4n) is 4.24. The van der Waals surface area contributed by atoms with Crippen molar-refractivity contribution in [2.75, 3.05) is 0 Å². The van der Waals surface area contributed by atoms with E-state index in [1.807, 2.05) is 62.4 Å². The van der Waals surface area contributed by atoms with E-state index in [0.29, 0.717) is 22.6 Å². The second-order valence-electron chi connectivity index (χ2n) is 8.93. The Morgan fingerprint density at radius 1 is 0.895 bits per heavy atom. The van der Waals surface area contributed by atoms with Gasteiger partial charge in [-0.3, -0.25) is 4.79 Å². The van der Waals surface area contributed by atoms with E-state index in [0.717, 1.165) is 37.6 Å². The third kappa shape index (κ3) is 5.43. The average molecular weight is 566 g/mol. The molecular weight excluding hydrogens is 542 g/mol. The van der Waals surface area contributed by atoms with Crippen molar-refractivity contribution >= 4 is 44.9 Å². The molecule has 0 fully saturated rings. The predicted molar refractivity (Wildman–Crippen MR) is 154 cm³/mol. The Hall–Kier alpha value is -4.49. The van der Waals surface area contributed by atoms with Crippen LogP contribution in [-0.2, 0) is 0 Å². The van der Waals surface area contributed by atoms with Crippen LogP contribution in [0.2, 0.25) is 0 Å². The van der Waals surface area contributed by atoms with E-state index < -0.39 is 5.97 Å². The van der Waals surface area contributed by atoms with Crippen LogP contribution in [0.15, 0.2) is 101 Å². The van der Waals surface area contributed by atoms with Crippen molar-refractivity contribution in [3.63, 3.8) is 0 Å². The molecule has 188 valence electrons. The van der Waals surface area contributed by atoms with Gasteiger partial charge < -0.3 is 9.72 Å². The van der Waals surface area contributed by atoms with Gasteiger partial charge in [-0.1, -0.05) is 75.6 Å². The number of carbonyl (C=O) groups excluding carboxylic acids is 2. The van der Waals surface area contributed by atoms with E-state index in [4.69, 9.17) is 4.74 Å². The molecule has 4 aromatic carbocycles. The molecule has 2 N–H and O–H groups in total. The van der Waals surface area contributed by atoms with Crippen LogP contribution in [0.4, 0.5) is 0 Å². The third-order valence-corrected chi connectivity index (χ3v) is 6.53. The molecule has 38 heavy (non-hydrogen) atoms. The van der Waals surface area contributed by atoms with Gasteiger partial charge in [0.2, 0.25) is 0 Å². The first-order valence-corrected chi connectivity index (χ1v) is 12.8. The zero-order valence-electron chi connectivity index (χ0n) is 20.8. The number of hydrogen-bond acceptors (Lipinski definition) is 4. The van der Waals surface area contributed by atoms with Crippen LogP contribution < -0.4 is 10.2 Å². The fraction of sp³-hybridized carbons (Fsp3) is 0.0645. The van der Waals surface area contributed by atoms with Crippen molar-refractivity contribution < 1.29 is 14.3 Å². The lowest BCUT2D eigenvalue weighted by Crippen LogP contribution is -2.19. The van der Waals surface area contributed by atoms with Gasteiger partial charge in [-0.05, 0) is 61.9 Å². The number of benzene rings is 4. The lowest BCUT2D eigenvalue weighted by molar-refractivity contribution is 0.0734. The van der Waals surface area contributed by atoms with E-state index in [-0.39, 0.29) is 5.91 Å². The summed E-state index contributed by atoms with van der Waals surface area (Å²) in [4.78, 5) is 29.2. The molecule has 5 rings (SSSR count). The van der Waals surface area contributed by atoms with Crippen molar-refractivity contribution in [1.82, 2.24) is 10.4 Å². The van der Waals surface area contributed by atoms with Crippen LogP contribution in [0.5, 0.6) is 5.75 Å². The molecule has 0 saturated heterocycles. The number of nitrogens with one attached hydrogen (secondary N) is 2. The lowest BCUT2D eigenvalue weighted by Gasteiger charge is -2.09. The minimum atomic E-state index is -0.476. The van der Waals surface area contributed by atoms with E-state index in [9.17, 15) is 9.59 Å². The minimum absolute atomic E-state index is 0.323. The normalized spacial score (nSPS) is 11.1. The summed E-state index contributed by atoms with van der Waals surface area (Å²) in [5.74, 6) is -0.540. The zero-order chi connectivity index (χ0) is 26.6. The Morgan fingerprint density at radius 2 is 1.68 bits per heavy atom. The van der Waals surface area contributed by atoms with Crippen molar-refractivity contribution in [2.45, 2.75) is 13.8 Å². The molecule has 0 atom stereocenters. The quantitative estimate of drug-likeness (QED) is 0.0987. The lowest BCUT2D eigenvalue weighted by atomic mass is 10.0. The Morgan fingerprint density at radius 3 is 2.47 bits per heavy atom. The largest absolute Gasteiger partial charge is 0.422 e. The number of ether oxygens (including phenoxy) is 1. The molecule has 0 aliphatic rings. The van der Waals surface area contributed by atoms with Crippen LogP contribution in [-0.4, -0.2) is 23.1 Å². The van der Waals surface area contributed by atoms with E-state index in [2.05, 4.69) is 37.5 Å². The maximum Gasteiger partial charge on any atom is 0.343 e. The number of carbonyl (C=O) groups is 2.